The Balaban J connectivity index is 1.38. The maximum atomic E-state index is 12.0. The zero-order valence-corrected chi connectivity index (χ0v) is 16.3. The molecule has 0 unspecified atom stereocenters. The molecule has 3 aromatic rings. The monoisotopic (exact) mass is 396 g/mol. The van der Waals surface area contributed by atoms with Crippen LogP contribution in [0.3, 0.4) is 0 Å². The van der Waals surface area contributed by atoms with Crippen molar-refractivity contribution >= 4 is 28.1 Å². The number of nitrogens with two attached hydrogens (primary N) is 1. The summed E-state index contributed by atoms with van der Waals surface area (Å²) in [6.45, 7) is 1.28. The fourth-order valence-corrected chi connectivity index (χ4v) is 3.36. The van der Waals surface area contributed by atoms with Crippen LogP contribution in [-0.2, 0) is 17.6 Å². The summed E-state index contributed by atoms with van der Waals surface area (Å²) in [5.41, 5.74) is 9.08. The van der Waals surface area contributed by atoms with Crippen molar-refractivity contribution in [2.75, 3.05) is 24.1 Å². The molecule has 2 aromatic carbocycles. The van der Waals surface area contributed by atoms with Crippen LogP contribution in [0.25, 0.3) is 0 Å². The van der Waals surface area contributed by atoms with Crippen LogP contribution in [0, 0.1) is 0 Å². The average Bonchev–Trinajstić information content (AvgIpc) is 3.11. The van der Waals surface area contributed by atoms with Crippen molar-refractivity contribution in [3.05, 3.63) is 76.8 Å². The zero-order chi connectivity index (χ0) is 19.8. The predicted octanol–water partition coefficient (Wildman–Crippen LogP) is 2.77. The van der Waals surface area contributed by atoms with Crippen LogP contribution >= 0.6 is 11.3 Å². The lowest BCUT2D eigenvalue weighted by atomic mass is 10.1. The number of nitrogens with one attached hydrogen (secondary N) is 2. The van der Waals surface area contributed by atoms with E-state index in [0.717, 1.165) is 29.8 Å². The summed E-state index contributed by atoms with van der Waals surface area (Å²) in [6, 6.07) is 17.4. The van der Waals surface area contributed by atoms with Crippen LogP contribution in [0.4, 0.5) is 10.8 Å². The molecule has 1 atom stereocenters. The van der Waals surface area contributed by atoms with Gasteiger partial charge in [0.2, 0.25) is 5.91 Å². The SMILES string of the molecule is Nc1nc(CC(=O)Nc2ccc(CCNC[C@@H](O)c3ccccc3)cc2)cs1. The lowest BCUT2D eigenvalue weighted by Gasteiger charge is -2.12. The molecule has 3 rings (SSSR count). The Morgan fingerprint density at radius 2 is 1.89 bits per heavy atom. The number of hydrogen-bond donors (Lipinski definition) is 4. The number of aliphatic hydroxyl groups excluding tert-OH is 1. The number of hydrogen-bond acceptors (Lipinski definition) is 6. The third-order valence-electron chi connectivity index (χ3n) is 4.26. The molecule has 146 valence electrons. The van der Waals surface area contributed by atoms with Gasteiger partial charge in [-0.15, -0.1) is 11.3 Å². The molecule has 0 aliphatic heterocycles. The number of rotatable bonds is 9. The Kier molecular flexibility index (Phi) is 7.13. The number of benzene rings is 2. The number of carbonyl (C=O) groups excluding carboxylic acids is 1. The lowest BCUT2D eigenvalue weighted by Crippen LogP contribution is -2.23. The predicted molar refractivity (Wildman–Crippen MR) is 113 cm³/mol. The largest absolute Gasteiger partial charge is 0.387 e. The number of aromatic nitrogens is 1. The third-order valence-corrected chi connectivity index (χ3v) is 4.98. The van der Waals surface area contributed by atoms with Crippen molar-refractivity contribution in [2.24, 2.45) is 0 Å². The minimum absolute atomic E-state index is 0.116. The molecule has 0 fully saturated rings. The number of aliphatic hydroxyl groups is 1. The Morgan fingerprint density at radius 3 is 2.57 bits per heavy atom. The Bertz CT molecular complexity index is 881. The smallest absolute Gasteiger partial charge is 0.230 e. The Labute approximate surface area is 168 Å². The quantitative estimate of drug-likeness (QED) is 0.417. The van der Waals surface area contributed by atoms with Gasteiger partial charge in [-0.3, -0.25) is 4.79 Å². The molecule has 7 heteroatoms. The summed E-state index contributed by atoms with van der Waals surface area (Å²) in [7, 11) is 0. The second-order valence-electron chi connectivity index (χ2n) is 6.48. The van der Waals surface area contributed by atoms with E-state index in [9.17, 15) is 9.90 Å². The molecule has 28 heavy (non-hydrogen) atoms. The number of nitrogen functional groups attached to an aromatic ring is 1. The van der Waals surface area contributed by atoms with Crippen molar-refractivity contribution < 1.29 is 9.90 Å². The van der Waals surface area contributed by atoms with Crippen molar-refractivity contribution in [3.63, 3.8) is 0 Å². The Morgan fingerprint density at radius 1 is 1.14 bits per heavy atom. The highest BCUT2D eigenvalue weighted by atomic mass is 32.1. The molecule has 1 aromatic heterocycles. The van der Waals surface area contributed by atoms with Crippen LogP contribution in [0.15, 0.2) is 60.0 Å². The molecule has 6 nitrogen and oxygen atoms in total. The van der Waals surface area contributed by atoms with E-state index in [1.54, 1.807) is 5.38 Å². The van der Waals surface area contributed by atoms with Crippen molar-refractivity contribution in [1.29, 1.82) is 0 Å². The van der Waals surface area contributed by atoms with Gasteiger partial charge >= 0.3 is 0 Å². The van der Waals surface area contributed by atoms with Crippen molar-refractivity contribution in [1.82, 2.24) is 10.3 Å². The summed E-state index contributed by atoms with van der Waals surface area (Å²) < 4.78 is 0. The molecular formula is C21H24N4O2S. The first-order chi connectivity index (χ1) is 13.6. The minimum atomic E-state index is -0.508. The number of anilines is 2. The van der Waals surface area contributed by atoms with Gasteiger partial charge < -0.3 is 21.5 Å². The highest BCUT2D eigenvalue weighted by Crippen LogP contribution is 2.14. The van der Waals surface area contributed by atoms with Gasteiger partial charge in [0.15, 0.2) is 5.13 Å². The van der Waals surface area contributed by atoms with Gasteiger partial charge in [0.1, 0.15) is 0 Å². The molecule has 0 saturated heterocycles. The summed E-state index contributed by atoms with van der Waals surface area (Å²) in [6.07, 6.45) is 0.545. The highest BCUT2D eigenvalue weighted by molar-refractivity contribution is 7.13. The van der Waals surface area contributed by atoms with Crippen molar-refractivity contribution in [3.8, 4) is 0 Å². The van der Waals surface area contributed by atoms with Crippen molar-refractivity contribution in [2.45, 2.75) is 18.9 Å². The van der Waals surface area contributed by atoms with E-state index in [4.69, 9.17) is 5.73 Å². The molecule has 1 heterocycles. The average molecular weight is 397 g/mol. The molecule has 0 radical (unpaired) electrons. The van der Waals surface area contributed by atoms with E-state index >= 15 is 0 Å². The normalized spacial score (nSPS) is 11.9. The second kappa shape index (κ2) is 9.98. The number of amides is 1. The standard InChI is InChI=1S/C21H24N4O2S/c22-21-25-18(14-28-21)12-20(27)24-17-8-6-15(7-9-17)10-11-23-13-19(26)16-4-2-1-3-5-16/h1-9,14,19,23,26H,10-13H2,(H2,22,25)(H,24,27)/t19-/m1/s1. The van der Waals surface area contributed by atoms with Gasteiger partial charge in [0, 0.05) is 17.6 Å². The molecule has 0 saturated carbocycles. The van der Waals surface area contributed by atoms with Gasteiger partial charge in [-0.05, 0) is 36.2 Å². The maximum absolute atomic E-state index is 12.0. The van der Waals surface area contributed by atoms with Gasteiger partial charge in [0.25, 0.3) is 0 Å². The maximum Gasteiger partial charge on any atom is 0.230 e. The van der Waals surface area contributed by atoms with Crippen LogP contribution in [0.2, 0.25) is 0 Å². The molecule has 0 spiro atoms. The van der Waals surface area contributed by atoms with Gasteiger partial charge in [-0.2, -0.15) is 0 Å². The summed E-state index contributed by atoms with van der Waals surface area (Å²) in [5, 5.41) is 18.5. The van der Waals surface area contributed by atoms with E-state index in [0.29, 0.717) is 17.4 Å². The van der Waals surface area contributed by atoms with Gasteiger partial charge in [0.05, 0.1) is 18.2 Å². The van der Waals surface area contributed by atoms with Crippen LogP contribution < -0.4 is 16.4 Å². The number of carbonyl (C=O) groups is 1. The van der Waals surface area contributed by atoms with Crippen LogP contribution in [0.1, 0.15) is 22.9 Å². The van der Waals surface area contributed by atoms with E-state index in [1.165, 1.54) is 11.3 Å². The fourth-order valence-electron chi connectivity index (χ4n) is 2.79. The second-order valence-corrected chi connectivity index (χ2v) is 7.37. The third kappa shape index (κ3) is 6.16. The fraction of sp³-hybridized carbons (Fsp3) is 0.238. The molecule has 0 aliphatic carbocycles. The van der Waals surface area contributed by atoms with E-state index < -0.39 is 6.10 Å². The summed E-state index contributed by atoms with van der Waals surface area (Å²) in [4.78, 5) is 16.1. The molecule has 1 amide bonds. The first-order valence-electron chi connectivity index (χ1n) is 9.12. The minimum Gasteiger partial charge on any atom is -0.387 e. The van der Waals surface area contributed by atoms with E-state index in [1.807, 2.05) is 54.6 Å². The molecular weight excluding hydrogens is 372 g/mol. The molecule has 5 N–H and O–H groups in total. The summed E-state index contributed by atoms with van der Waals surface area (Å²) >= 11 is 1.33. The first-order valence-corrected chi connectivity index (χ1v) is 10.0. The first kappa shape index (κ1) is 20.0. The topological polar surface area (TPSA) is 100 Å². The van der Waals surface area contributed by atoms with E-state index in [2.05, 4.69) is 15.6 Å². The number of thiazole rings is 1. The van der Waals surface area contributed by atoms with E-state index in [-0.39, 0.29) is 12.3 Å². The molecule has 0 bridgehead atoms. The molecule has 0 aliphatic rings. The Hall–Kier alpha value is -2.74. The van der Waals surface area contributed by atoms with Gasteiger partial charge in [-0.25, -0.2) is 4.98 Å². The van der Waals surface area contributed by atoms with Gasteiger partial charge in [-0.1, -0.05) is 42.5 Å². The number of nitrogens with zero attached hydrogens (tertiary/aromatic N) is 1. The zero-order valence-electron chi connectivity index (χ0n) is 15.5. The van der Waals surface area contributed by atoms with Crippen LogP contribution in [0.5, 0.6) is 0 Å². The highest BCUT2D eigenvalue weighted by Gasteiger charge is 2.08. The lowest BCUT2D eigenvalue weighted by molar-refractivity contribution is -0.115. The summed E-state index contributed by atoms with van der Waals surface area (Å²) in [5.74, 6) is -0.116. The van der Waals surface area contributed by atoms with Crippen LogP contribution in [-0.4, -0.2) is 29.1 Å².